The Labute approximate surface area is 134 Å². The highest BCUT2D eigenvalue weighted by Crippen LogP contribution is 2.27. The van der Waals surface area contributed by atoms with Crippen molar-refractivity contribution in [2.45, 2.75) is 18.4 Å². The molecular weight excluding hydrogens is 380 g/mol. The van der Waals surface area contributed by atoms with Crippen LogP contribution < -0.4 is 4.72 Å². The number of benzene rings is 1. The van der Waals surface area contributed by atoms with Crippen LogP contribution in [0.2, 0.25) is 0 Å². The molecule has 0 bridgehead atoms. The van der Waals surface area contributed by atoms with E-state index < -0.39 is 16.0 Å². The second-order valence-electron chi connectivity index (χ2n) is 4.21. The summed E-state index contributed by atoms with van der Waals surface area (Å²) in [5, 5.41) is 10.8. The molecule has 2 rings (SSSR count). The molecule has 0 saturated carbocycles. The zero-order valence-electron chi connectivity index (χ0n) is 10.8. The highest BCUT2D eigenvalue weighted by atomic mass is 79.9. The van der Waals surface area contributed by atoms with Crippen LogP contribution in [0.1, 0.15) is 21.6 Å². The Morgan fingerprint density at radius 2 is 2.19 bits per heavy atom. The first-order chi connectivity index (χ1) is 9.81. The van der Waals surface area contributed by atoms with Crippen molar-refractivity contribution in [3.63, 3.8) is 0 Å². The quantitative estimate of drug-likeness (QED) is 0.816. The summed E-state index contributed by atoms with van der Waals surface area (Å²) in [6, 6.07) is 2.54. The lowest BCUT2D eigenvalue weighted by Crippen LogP contribution is -2.24. The fourth-order valence-corrected chi connectivity index (χ4v) is 4.23. The predicted octanol–water partition coefficient (Wildman–Crippen LogP) is 2.39. The molecule has 0 aliphatic rings. The van der Waals surface area contributed by atoms with Gasteiger partial charge in [0.1, 0.15) is 0 Å². The van der Waals surface area contributed by atoms with Crippen molar-refractivity contribution < 1.29 is 18.3 Å². The lowest BCUT2D eigenvalue weighted by molar-refractivity contribution is 0.0696. The third-order valence-corrected chi connectivity index (χ3v) is 6.06. The van der Waals surface area contributed by atoms with Crippen molar-refractivity contribution >= 4 is 43.3 Å². The van der Waals surface area contributed by atoms with Gasteiger partial charge in [-0.3, -0.25) is 0 Å². The van der Waals surface area contributed by atoms with Crippen LogP contribution in [0.5, 0.6) is 0 Å². The van der Waals surface area contributed by atoms with E-state index in [-0.39, 0.29) is 17.0 Å². The predicted molar refractivity (Wildman–Crippen MR) is 82.0 cm³/mol. The highest BCUT2D eigenvalue weighted by Gasteiger charge is 2.21. The van der Waals surface area contributed by atoms with Crippen molar-refractivity contribution in [1.29, 1.82) is 0 Å². The van der Waals surface area contributed by atoms with Crippen LogP contribution in [0.4, 0.5) is 0 Å². The summed E-state index contributed by atoms with van der Waals surface area (Å²) >= 11 is 4.56. The number of carboxylic acids is 1. The van der Waals surface area contributed by atoms with E-state index in [2.05, 4.69) is 25.6 Å². The number of hydrogen-bond acceptors (Lipinski definition) is 5. The van der Waals surface area contributed by atoms with Crippen LogP contribution in [0.3, 0.4) is 0 Å². The minimum absolute atomic E-state index is 0.0502. The minimum Gasteiger partial charge on any atom is -0.478 e. The van der Waals surface area contributed by atoms with Gasteiger partial charge in [-0.2, -0.15) is 0 Å². The number of aromatic carboxylic acids is 1. The molecule has 6 nitrogen and oxygen atoms in total. The molecule has 0 radical (unpaired) electrons. The SMILES string of the molecule is Cc1cc(C(=O)O)cc(S(=O)(=O)NCc2cscn2)c1Br. The van der Waals surface area contributed by atoms with Gasteiger partial charge in [0.25, 0.3) is 0 Å². The molecule has 0 fully saturated rings. The molecule has 0 aliphatic heterocycles. The molecule has 0 aliphatic carbocycles. The van der Waals surface area contributed by atoms with Gasteiger partial charge in [0, 0.05) is 9.85 Å². The number of rotatable bonds is 5. The first-order valence-corrected chi connectivity index (χ1v) is 8.93. The summed E-state index contributed by atoms with van der Waals surface area (Å²) in [6.45, 7) is 1.69. The second-order valence-corrected chi connectivity index (χ2v) is 7.46. The Morgan fingerprint density at radius 3 is 2.76 bits per heavy atom. The van der Waals surface area contributed by atoms with Gasteiger partial charge in [-0.15, -0.1) is 11.3 Å². The smallest absolute Gasteiger partial charge is 0.335 e. The van der Waals surface area contributed by atoms with Gasteiger partial charge in [-0.05, 0) is 40.5 Å². The number of sulfonamides is 1. The molecule has 1 aromatic carbocycles. The van der Waals surface area contributed by atoms with Crippen LogP contribution in [-0.2, 0) is 16.6 Å². The van der Waals surface area contributed by atoms with Crippen molar-refractivity contribution in [1.82, 2.24) is 9.71 Å². The van der Waals surface area contributed by atoms with Crippen LogP contribution >= 0.6 is 27.3 Å². The van der Waals surface area contributed by atoms with Crippen molar-refractivity contribution in [2.75, 3.05) is 0 Å². The van der Waals surface area contributed by atoms with E-state index in [0.717, 1.165) is 6.07 Å². The van der Waals surface area contributed by atoms with Crippen LogP contribution in [0.15, 0.2) is 32.4 Å². The van der Waals surface area contributed by atoms with Crippen molar-refractivity contribution in [3.8, 4) is 0 Å². The van der Waals surface area contributed by atoms with E-state index in [4.69, 9.17) is 5.11 Å². The minimum atomic E-state index is -3.84. The molecule has 112 valence electrons. The number of carboxylic acid groups (broad SMARTS) is 1. The fourth-order valence-electron chi connectivity index (χ4n) is 1.63. The molecule has 0 spiro atoms. The van der Waals surface area contributed by atoms with E-state index in [1.54, 1.807) is 17.8 Å². The number of carbonyl (C=O) groups is 1. The van der Waals surface area contributed by atoms with Gasteiger partial charge < -0.3 is 5.11 Å². The third kappa shape index (κ3) is 3.67. The summed E-state index contributed by atoms with van der Waals surface area (Å²) in [5.41, 5.74) is 2.66. The number of halogens is 1. The average molecular weight is 391 g/mol. The molecule has 0 amide bonds. The van der Waals surface area contributed by atoms with E-state index in [1.165, 1.54) is 17.4 Å². The van der Waals surface area contributed by atoms with Crippen molar-refractivity contribution in [2.24, 2.45) is 0 Å². The lowest BCUT2D eigenvalue weighted by Gasteiger charge is -2.10. The molecule has 2 N–H and O–H groups in total. The molecule has 2 aromatic rings. The topological polar surface area (TPSA) is 96.4 Å². The first kappa shape index (κ1) is 16.1. The van der Waals surface area contributed by atoms with Crippen LogP contribution in [0, 0.1) is 6.92 Å². The Kier molecular flexibility index (Phi) is 4.77. The third-order valence-electron chi connectivity index (χ3n) is 2.68. The molecule has 0 saturated heterocycles. The average Bonchev–Trinajstić information content (AvgIpc) is 2.92. The van der Waals surface area contributed by atoms with Crippen molar-refractivity contribution in [3.05, 3.63) is 44.3 Å². The van der Waals surface area contributed by atoms with Gasteiger partial charge in [0.05, 0.1) is 28.2 Å². The van der Waals surface area contributed by atoms with Gasteiger partial charge in [-0.1, -0.05) is 0 Å². The molecular formula is C12H11BrN2O4S2. The maximum atomic E-state index is 12.3. The van der Waals surface area contributed by atoms with Gasteiger partial charge in [0.15, 0.2) is 0 Å². The number of thiazole rings is 1. The zero-order chi connectivity index (χ0) is 15.6. The molecule has 1 heterocycles. The monoisotopic (exact) mass is 390 g/mol. The molecule has 0 atom stereocenters. The number of aryl methyl sites for hydroxylation is 1. The maximum Gasteiger partial charge on any atom is 0.335 e. The van der Waals surface area contributed by atoms with Gasteiger partial charge >= 0.3 is 5.97 Å². The Bertz CT molecular complexity index is 773. The normalized spacial score (nSPS) is 11.5. The molecule has 0 unspecified atom stereocenters. The standard InChI is InChI=1S/C12H11BrN2O4S2/c1-7-2-8(12(16)17)3-10(11(7)13)21(18,19)15-4-9-5-20-6-14-9/h2-3,5-6,15H,4H2,1H3,(H,16,17). The summed E-state index contributed by atoms with van der Waals surface area (Å²) < 4.78 is 27.4. The van der Waals surface area contributed by atoms with E-state index >= 15 is 0 Å². The van der Waals surface area contributed by atoms with E-state index in [0.29, 0.717) is 15.7 Å². The first-order valence-electron chi connectivity index (χ1n) is 5.71. The zero-order valence-corrected chi connectivity index (χ0v) is 14.0. The van der Waals surface area contributed by atoms with Crippen LogP contribution in [0.25, 0.3) is 0 Å². The van der Waals surface area contributed by atoms with Crippen LogP contribution in [-0.4, -0.2) is 24.5 Å². The summed E-state index contributed by atoms with van der Waals surface area (Å²) in [7, 11) is -3.84. The Hall–Kier alpha value is -1.29. The summed E-state index contributed by atoms with van der Waals surface area (Å²) in [5.74, 6) is -1.18. The van der Waals surface area contributed by atoms with E-state index in [1.807, 2.05) is 0 Å². The summed E-state index contributed by atoms with van der Waals surface area (Å²) in [6.07, 6.45) is 0. The Balaban J connectivity index is 2.37. The van der Waals surface area contributed by atoms with Gasteiger partial charge in [-0.25, -0.2) is 22.9 Å². The number of nitrogens with one attached hydrogen (secondary N) is 1. The number of nitrogens with zero attached hydrogens (tertiary/aromatic N) is 1. The highest BCUT2D eigenvalue weighted by molar-refractivity contribution is 9.10. The van der Waals surface area contributed by atoms with Gasteiger partial charge in [0.2, 0.25) is 10.0 Å². The fraction of sp³-hybridized carbons (Fsp3) is 0.167. The molecule has 9 heteroatoms. The maximum absolute atomic E-state index is 12.3. The molecule has 21 heavy (non-hydrogen) atoms. The Morgan fingerprint density at radius 1 is 1.48 bits per heavy atom. The largest absolute Gasteiger partial charge is 0.478 e. The molecule has 1 aromatic heterocycles. The number of aromatic nitrogens is 1. The number of hydrogen-bond donors (Lipinski definition) is 2. The second kappa shape index (κ2) is 6.22. The lowest BCUT2D eigenvalue weighted by atomic mass is 10.1. The summed E-state index contributed by atoms with van der Waals surface area (Å²) in [4.78, 5) is 14.9. The van der Waals surface area contributed by atoms with E-state index in [9.17, 15) is 13.2 Å².